The van der Waals surface area contributed by atoms with E-state index >= 15 is 0 Å². The molecule has 4 aromatic rings. The number of rotatable bonds is 7. The lowest BCUT2D eigenvalue weighted by molar-refractivity contribution is -0.114. The number of dihydropyridines is 1. The van der Waals surface area contributed by atoms with Gasteiger partial charge in [-0.3, -0.25) is 9.59 Å². The van der Waals surface area contributed by atoms with Gasteiger partial charge in [0.2, 0.25) is 5.91 Å². The van der Waals surface area contributed by atoms with Crippen LogP contribution in [0, 0.1) is 11.3 Å². The van der Waals surface area contributed by atoms with Crippen molar-refractivity contribution in [1.29, 1.82) is 5.26 Å². The van der Waals surface area contributed by atoms with Crippen molar-refractivity contribution in [1.82, 2.24) is 5.32 Å². The molecule has 0 radical (unpaired) electrons. The molecule has 1 unspecified atom stereocenters. The predicted octanol–water partition coefficient (Wildman–Crippen LogP) is 6.55. The summed E-state index contributed by atoms with van der Waals surface area (Å²) in [6, 6.07) is 34.8. The number of carbonyl (C=O) groups excluding carboxylic acids is 2. The molecular weight excluding hydrogens is 504 g/mol. The van der Waals surface area contributed by atoms with Crippen molar-refractivity contribution < 1.29 is 9.59 Å². The average molecular weight is 531 g/mol. The first-order valence-corrected chi connectivity index (χ1v) is 13.5. The number of thioether (sulfide) groups is 1. The number of hydrogen-bond acceptors (Lipinski definition) is 5. The smallest absolute Gasteiger partial charge is 0.254 e. The highest BCUT2D eigenvalue weighted by Gasteiger charge is 2.34. The van der Waals surface area contributed by atoms with Crippen LogP contribution in [0.1, 0.15) is 18.4 Å². The van der Waals surface area contributed by atoms with Crippen molar-refractivity contribution >= 4 is 45.7 Å². The number of anilines is 2. The molecule has 2 amide bonds. The van der Waals surface area contributed by atoms with Crippen LogP contribution in [0.2, 0.25) is 0 Å². The quantitative estimate of drug-likeness (QED) is 0.252. The number of amides is 2. The second-order valence-electron chi connectivity index (χ2n) is 9.08. The normalized spacial score (nSPS) is 14.9. The standard InChI is InChI=1S/C32H26N4O2S/c1-21-29(31(38)36-25-14-6-3-7-15-25)30(23-11-4-2-5-12-23)27(19-33)32(34-21)39-20-28(37)35-26-17-16-22-10-8-9-13-24(22)18-26/h2-18,30,34H,20H2,1H3,(H,35,37)(H,36,38). The fourth-order valence-corrected chi connectivity index (χ4v) is 5.52. The lowest BCUT2D eigenvalue weighted by Crippen LogP contribution is -2.31. The molecule has 0 saturated carbocycles. The highest BCUT2D eigenvalue weighted by atomic mass is 32.2. The summed E-state index contributed by atoms with van der Waals surface area (Å²) in [6.45, 7) is 1.82. The molecule has 1 aliphatic rings. The molecule has 0 aliphatic carbocycles. The maximum absolute atomic E-state index is 13.5. The van der Waals surface area contributed by atoms with Crippen molar-refractivity contribution in [3.63, 3.8) is 0 Å². The molecule has 0 saturated heterocycles. The van der Waals surface area contributed by atoms with Crippen LogP contribution in [0.4, 0.5) is 11.4 Å². The maximum Gasteiger partial charge on any atom is 0.254 e. The molecule has 192 valence electrons. The minimum Gasteiger partial charge on any atom is -0.353 e. The summed E-state index contributed by atoms with van der Waals surface area (Å²) in [4.78, 5) is 26.3. The van der Waals surface area contributed by atoms with E-state index in [1.807, 2.05) is 110 Å². The molecule has 6 nitrogen and oxygen atoms in total. The fourth-order valence-electron chi connectivity index (χ4n) is 4.63. The van der Waals surface area contributed by atoms with Crippen LogP contribution in [0.15, 0.2) is 125 Å². The molecule has 1 atom stereocenters. The Bertz CT molecular complexity index is 1640. The molecule has 0 bridgehead atoms. The molecule has 1 aliphatic heterocycles. The van der Waals surface area contributed by atoms with E-state index in [1.165, 1.54) is 11.8 Å². The van der Waals surface area contributed by atoms with Crippen molar-refractivity contribution in [3.8, 4) is 6.07 Å². The molecule has 1 heterocycles. The number of allylic oxidation sites excluding steroid dienone is 2. The predicted molar refractivity (Wildman–Crippen MR) is 158 cm³/mol. The zero-order valence-electron chi connectivity index (χ0n) is 21.3. The van der Waals surface area contributed by atoms with Gasteiger partial charge in [-0.15, -0.1) is 0 Å². The van der Waals surface area contributed by atoms with Gasteiger partial charge in [0.05, 0.1) is 28.3 Å². The summed E-state index contributed by atoms with van der Waals surface area (Å²) < 4.78 is 0. The topological polar surface area (TPSA) is 94.0 Å². The van der Waals surface area contributed by atoms with Gasteiger partial charge in [-0.1, -0.05) is 90.6 Å². The number of nitrogens with one attached hydrogen (secondary N) is 3. The highest BCUT2D eigenvalue weighted by Crippen LogP contribution is 2.41. The Labute approximate surface area is 231 Å². The minimum atomic E-state index is -0.577. The van der Waals surface area contributed by atoms with Crippen molar-refractivity contribution in [2.24, 2.45) is 0 Å². The summed E-state index contributed by atoms with van der Waals surface area (Å²) in [5.41, 5.74) is 3.70. The number of carbonyl (C=O) groups is 2. The largest absolute Gasteiger partial charge is 0.353 e. The summed E-state index contributed by atoms with van der Waals surface area (Å²) in [6.07, 6.45) is 0. The van der Waals surface area contributed by atoms with Gasteiger partial charge in [0.25, 0.3) is 5.91 Å². The Kier molecular flexibility index (Phi) is 7.76. The molecular formula is C32H26N4O2S. The first-order valence-electron chi connectivity index (χ1n) is 12.5. The van der Waals surface area contributed by atoms with E-state index in [4.69, 9.17) is 0 Å². The number of hydrogen-bond donors (Lipinski definition) is 3. The molecule has 0 fully saturated rings. The second kappa shape index (κ2) is 11.7. The van der Waals surface area contributed by atoms with E-state index in [9.17, 15) is 14.9 Å². The Morgan fingerprint density at radius 3 is 2.23 bits per heavy atom. The van der Waals surface area contributed by atoms with Crippen LogP contribution < -0.4 is 16.0 Å². The first kappa shape index (κ1) is 25.8. The van der Waals surface area contributed by atoms with Gasteiger partial charge >= 0.3 is 0 Å². The summed E-state index contributed by atoms with van der Waals surface area (Å²) in [5, 5.41) is 22.1. The number of benzene rings is 4. The van der Waals surface area contributed by atoms with Crippen LogP contribution >= 0.6 is 11.8 Å². The van der Waals surface area contributed by atoms with E-state index in [0.29, 0.717) is 33.2 Å². The van der Waals surface area contributed by atoms with Crippen molar-refractivity contribution in [3.05, 3.63) is 131 Å². The zero-order chi connectivity index (χ0) is 27.2. The van der Waals surface area contributed by atoms with E-state index < -0.39 is 5.92 Å². The average Bonchev–Trinajstić information content (AvgIpc) is 2.96. The third-order valence-electron chi connectivity index (χ3n) is 6.44. The van der Waals surface area contributed by atoms with Crippen LogP contribution in [0.5, 0.6) is 0 Å². The van der Waals surface area contributed by atoms with E-state index in [1.54, 1.807) is 0 Å². The van der Waals surface area contributed by atoms with Gasteiger partial charge in [0.1, 0.15) is 0 Å². The van der Waals surface area contributed by atoms with E-state index in [0.717, 1.165) is 16.3 Å². The number of nitriles is 1. The number of fused-ring (bicyclic) bond motifs is 1. The minimum absolute atomic E-state index is 0.0979. The third-order valence-corrected chi connectivity index (χ3v) is 7.45. The molecule has 0 aromatic heterocycles. The van der Waals surface area contributed by atoms with Crippen LogP contribution in [-0.4, -0.2) is 17.6 Å². The second-order valence-corrected chi connectivity index (χ2v) is 10.1. The monoisotopic (exact) mass is 530 g/mol. The van der Waals surface area contributed by atoms with E-state index in [2.05, 4.69) is 22.0 Å². The molecule has 3 N–H and O–H groups in total. The van der Waals surface area contributed by atoms with Gasteiger partial charge in [0, 0.05) is 22.6 Å². The van der Waals surface area contributed by atoms with Crippen LogP contribution in [-0.2, 0) is 9.59 Å². The van der Waals surface area contributed by atoms with Gasteiger partial charge in [-0.2, -0.15) is 5.26 Å². The Balaban J connectivity index is 1.38. The van der Waals surface area contributed by atoms with E-state index in [-0.39, 0.29) is 17.6 Å². The molecule has 4 aromatic carbocycles. The van der Waals surface area contributed by atoms with Crippen molar-refractivity contribution in [2.75, 3.05) is 16.4 Å². The van der Waals surface area contributed by atoms with Gasteiger partial charge in [0.15, 0.2) is 0 Å². The zero-order valence-corrected chi connectivity index (χ0v) is 22.1. The molecule has 5 rings (SSSR count). The Hall–Kier alpha value is -4.80. The Morgan fingerprint density at radius 1 is 0.846 bits per heavy atom. The lowest BCUT2D eigenvalue weighted by atomic mass is 9.82. The molecule has 0 spiro atoms. The number of nitrogens with zero attached hydrogens (tertiary/aromatic N) is 1. The SMILES string of the molecule is CC1=C(C(=O)Nc2ccccc2)C(c2ccccc2)C(C#N)=C(SCC(=O)Nc2ccc3ccccc3c2)N1. The molecule has 39 heavy (non-hydrogen) atoms. The lowest BCUT2D eigenvalue weighted by Gasteiger charge is -2.29. The third kappa shape index (κ3) is 5.87. The van der Waals surface area contributed by atoms with Gasteiger partial charge < -0.3 is 16.0 Å². The highest BCUT2D eigenvalue weighted by molar-refractivity contribution is 8.03. The summed E-state index contributed by atoms with van der Waals surface area (Å²) >= 11 is 1.25. The van der Waals surface area contributed by atoms with Crippen LogP contribution in [0.25, 0.3) is 10.8 Å². The van der Waals surface area contributed by atoms with Gasteiger partial charge in [-0.05, 0) is 47.5 Å². The summed E-state index contributed by atoms with van der Waals surface area (Å²) in [5.74, 6) is -0.953. The first-order chi connectivity index (χ1) is 19.0. The maximum atomic E-state index is 13.5. The van der Waals surface area contributed by atoms with Crippen LogP contribution in [0.3, 0.4) is 0 Å². The number of para-hydroxylation sites is 1. The molecule has 7 heteroatoms. The summed E-state index contributed by atoms with van der Waals surface area (Å²) in [7, 11) is 0. The van der Waals surface area contributed by atoms with Crippen molar-refractivity contribution in [2.45, 2.75) is 12.8 Å². The van der Waals surface area contributed by atoms with Gasteiger partial charge in [-0.25, -0.2) is 0 Å². The Morgan fingerprint density at radius 2 is 1.51 bits per heavy atom. The fraction of sp³-hybridized carbons (Fsp3) is 0.0938.